The Morgan fingerprint density at radius 3 is 2.89 bits per heavy atom. The number of anilines is 1. The summed E-state index contributed by atoms with van der Waals surface area (Å²) < 4.78 is 9.83. The molecule has 6 heteroatoms. The van der Waals surface area contributed by atoms with Gasteiger partial charge < -0.3 is 9.64 Å². The lowest BCUT2D eigenvalue weighted by atomic mass is 10.2. The minimum atomic E-state index is 0.607. The average molecular weight is 282 g/mol. The lowest BCUT2D eigenvalue weighted by Gasteiger charge is -2.32. The molecule has 0 N–H and O–H groups in total. The molecule has 2 fully saturated rings. The first-order valence-electron chi connectivity index (χ1n) is 7.26. The average Bonchev–Trinajstić information content (AvgIpc) is 3.08. The number of rotatable bonds is 4. The van der Waals surface area contributed by atoms with Gasteiger partial charge in [0.05, 0.1) is 13.2 Å². The number of ether oxygens (including phenoxy) is 1. The fourth-order valence-electron chi connectivity index (χ4n) is 2.86. The summed E-state index contributed by atoms with van der Waals surface area (Å²) in [5.74, 6) is 0.983. The fourth-order valence-corrected chi connectivity index (χ4v) is 3.71. The molecule has 3 heterocycles. The highest BCUT2D eigenvalue weighted by Gasteiger charge is 2.29. The second-order valence-electron chi connectivity index (χ2n) is 5.25. The summed E-state index contributed by atoms with van der Waals surface area (Å²) in [4.78, 5) is 9.63. The number of nitrogens with zero attached hydrogens (tertiary/aromatic N) is 4. The Labute approximate surface area is 118 Å². The summed E-state index contributed by atoms with van der Waals surface area (Å²) in [5, 5.41) is 1.12. The zero-order valence-corrected chi connectivity index (χ0v) is 12.4. The summed E-state index contributed by atoms with van der Waals surface area (Å²) in [6.07, 6.45) is 3.48. The second kappa shape index (κ2) is 6.15. The van der Waals surface area contributed by atoms with Crippen LogP contribution in [0.5, 0.6) is 0 Å². The van der Waals surface area contributed by atoms with Crippen LogP contribution in [0, 0.1) is 0 Å². The van der Waals surface area contributed by atoms with Crippen LogP contribution in [-0.2, 0) is 11.2 Å². The van der Waals surface area contributed by atoms with Crippen molar-refractivity contribution < 1.29 is 4.74 Å². The van der Waals surface area contributed by atoms with E-state index in [-0.39, 0.29) is 0 Å². The summed E-state index contributed by atoms with van der Waals surface area (Å²) in [6, 6.07) is 0.607. The van der Waals surface area contributed by atoms with E-state index in [2.05, 4.69) is 26.1 Å². The Hall–Kier alpha value is -0.720. The van der Waals surface area contributed by atoms with Crippen LogP contribution in [0.3, 0.4) is 0 Å². The van der Waals surface area contributed by atoms with Gasteiger partial charge in [0.25, 0.3) is 0 Å². The van der Waals surface area contributed by atoms with Crippen LogP contribution in [0.2, 0.25) is 0 Å². The number of hydrogen-bond donors (Lipinski definition) is 0. The topological polar surface area (TPSA) is 41.5 Å². The maximum Gasteiger partial charge on any atom is 0.205 e. The zero-order valence-electron chi connectivity index (χ0n) is 11.5. The van der Waals surface area contributed by atoms with Gasteiger partial charge in [0.1, 0.15) is 5.82 Å². The highest BCUT2D eigenvalue weighted by Crippen LogP contribution is 2.27. The van der Waals surface area contributed by atoms with E-state index in [0.29, 0.717) is 6.04 Å². The van der Waals surface area contributed by atoms with Crippen molar-refractivity contribution in [3.8, 4) is 0 Å². The monoisotopic (exact) mass is 282 g/mol. The van der Waals surface area contributed by atoms with Gasteiger partial charge in [-0.15, -0.1) is 0 Å². The molecular weight excluding hydrogens is 260 g/mol. The molecule has 0 amide bonds. The van der Waals surface area contributed by atoms with E-state index in [1.165, 1.54) is 12.8 Å². The Kier molecular flexibility index (Phi) is 4.30. The van der Waals surface area contributed by atoms with Crippen molar-refractivity contribution in [2.24, 2.45) is 0 Å². The van der Waals surface area contributed by atoms with E-state index in [9.17, 15) is 0 Å². The highest BCUT2D eigenvalue weighted by molar-refractivity contribution is 7.09. The van der Waals surface area contributed by atoms with Crippen molar-refractivity contribution in [2.75, 3.05) is 44.3 Å². The largest absolute Gasteiger partial charge is 0.379 e. The number of morpholine rings is 1. The molecule has 0 radical (unpaired) electrons. The molecule has 1 aromatic heterocycles. The van der Waals surface area contributed by atoms with Gasteiger partial charge in [0.15, 0.2) is 0 Å². The standard InChI is InChI=1S/C13H22N4OS/c1-2-12-14-13(19-15-12)17-5-3-4-11(17)10-16-6-8-18-9-7-16/h11H,2-10H2,1H3. The van der Waals surface area contributed by atoms with Gasteiger partial charge in [-0.2, -0.15) is 4.37 Å². The maximum atomic E-state index is 5.42. The summed E-state index contributed by atoms with van der Waals surface area (Å²) in [5.41, 5.74) is 0. The predicted molar refractivity (Wildman–Crippen MR) is 76.9 cm³/mol. The quantitative estimate of drug-likeness (QED) is 0.835. The SMILES string of the molecule is CCc1nsc(N2CCCC2CN2CCOCC2)n1. The van der Waals surface area contributed by atoms with Crippen molar-refractivity contribution in [3.63, 3.8) is 0 Å². The van der Waals surface area contributed by atoms with Crippen molar-refractivity contribution in [1.29, 1.82) is 0 Å². The van der Waals surface area contributed by atoms with Gasteiger partial charge in [-0.3, -0.25) is 4.90 Å². The second-order valence-corrected chi connectivity index (χ2v) is 5.98. The van der Waals surface area contributed by atoms with Crippen molar-refractivity contribution >= 4 is 16.7 Å². The normalized spacial score (nSPS) is 25.1. The first-order valence-corrected chi connectivity index (χ1v) is 8.03. The van der Waals surface area contributed by atoms with E-state index in [1.807, 2.05) is 0 Å². The third kappa shape index (κ3) is 3.07. The maximum absolute atomic E-state index is 5.42. The van der Waals surface area contributed by atoms with E-state index in [0.717, 1.165) is 56.8 Å². The molecule has 0 saturated carbocycles. The van der Waals surface area contributed by atoms with Gasteiger partial charge in [0, 0.05) is 50.2 Å². The molecular formula is C13H22N4OS. The number of hydrogen-bond acceptors (Lipinski definition) is 6. The number of aryl methyl sites for hydroxylation is 1. The first kappa shape index (κ1) is 13.3. The van der Waals surface area contributed by atoms with Crippen molar-refractivity contribution in [2.45, 2.75) is 32.2 Å². The third-order valence-corrected chi connectivity index (χ3v) is 4.76. The van der Waals surface area contributed by atoms with Crippen LogP contribution in [0.15, 0.2) is 0 Å². The smallest absolute Gasteiger partial charge is 0.205 e. The summed E-state index contributed by atoms with van der Waals surface area (Å²) in [7, 11) is 0. The number of aromatic nitrogens is 2. The van der Waals surface area contributed by atoms with Gasteiger partial charge >= 0.3 is 0 Å². The minimum Gasteiger partial charge on any atom is -0.379 e. The van der Waals surface area contributed by atoms with Crippen LogP contribution < -0.4 is 4.90 Å². The van der Waals surface area contributed by atoms with Crippen molar-refractivity contribution in [3.05, 3.63) is 5.82 Å². The molecule has 0 aromatic carbocycles. The van der Waals surface area contributed by atoms with E-state index < -0.39 is 0 Å². The predicted octanol–water partition coefficient (Wildman–Crippen LogP) is 1.40. The molecule has 0 aliphatic carbocycles. The molecule has 0 bridgehead atoms. The van der Waals surface area contributed by atoms with Gasteiger partial charge in [-0.1, -0.05) is 6.92 Å². The van der Waals surface area contributed by atoms with Crippen LogP contribution in [0.1, 0.15) is 25.6 Å². The zero-order chi connectivity index (χ0) is 13.1. The fraction of sp³-hybridized carbons (Fsp3) is 0.846. The lowest BCUT2D eigenvalue weighted by molar-refractivity contribution is 0.0355. The van der Waals surface area contributed by atoms with Gasteiger partial charge in [0.2, 0.25) is 5.13 Å². The molecule has 1 aromatic rings. The molecule has 106 valence electrons. The molecule has 19 heavy (non-hydrogen) atoms. The molecule has 1 unspecified atom stereocenters. The van der Waals surface area contributed by atoms with Gasteiger partial charge in [-0.05, 0) is 12.8 Å². The first-order chi connectivity index (χ1) is 9.36. The lowest BCUT2D eigenvalue weighted by Crippen LogP contribution is -2.45. The molecule has 1 atom stereocenters. The van der Waals surface area contributed by atoms with E-state index in [4.69, 9.17) is 4.74 Å². The van der Waals surface area contributed by atoms with Crippen LogP contribution >= 0.6 is 11.5 Å². The minimum absolute atomic E-state index is 0.607. The Morgan fingerprint density at radius 1 is 1.32 bits per heavy atom. The summed E-state index contributed by atoms with van der Waals surface area (Å²) >= 11 is 1.56. The van der Waals surface area contributed by atoms with Crippen LogP contribution in [0.25, 0.3) is 0 Å². The molecule has 2 aliphatic rings. The third-order valence-electron chi connectivity index (χ3n) is 3.97. The van der Waals surface area contributed by atoms with Gasteiger partial charge in [-0.25, -0.2) is 4.98 Å². The Balaban J connectivity index is 1.63. The molecule has 2 saturated heterocycles. The van der Waals surface area contributed by atoms with Crippen LogP contribution in [0.4, 0.5) is 5.13 Å². The molecule has 3 rings (SSSR count). The molecule has 5 nitrogen and oxygen atoms in total. The van der Waals surface area contributed by atoms with E-state index >= 15 is 0 Å². The molecule has 2 aliphatic heterocycles. The summed E-state index contributed by atoms with van der Waals surface area (Å²) in [6.45, 7) is 8.29. The highest BCUT2D eigenvalue weighted by atomic mass is 32.1. The van der Waals surface area contributed by atoms with Crippen LogP contribution in [-0.4, -0.2) is 59.7 Å². The Bertz CT molecular complexity index is 405. The van der Waals surface area contributed by atoms with Crippen molar-refractivity contribution in [1.82, 2.24) is 14.3 Å². The van der Waals surface area contributed by atoms with E-state index in [1.54, 1.807) is 11.5 Å². The molecule has 0 spiro atoms. The Morgan fingerprint density at radius 2 is 2.16 bits per heavy atom.